The maximum atomic E-state index is 5.57. The number of hydrogen-bond donors (Lipinski definition) is 0. The van der Waals surface area contributed by atoms with E-state index in [9.17, 15) is 0 Å². The normalized spacial score (nSPS) is 13.4. The average molecular weight is 444 g/mol. The number of hydrogen-bond acceptors (Lipinski definition) is 0. The van der Waals surface area contributed by atoms with Crippen LogP contribution in [-0.4, -0.2) is 0 Å². The molecule has 16 heavy (non-hydrogen) atoms. The van der Waals surface area contributed by atoms with Crippen LogP contribution in [0.1, 0.15) is 0 Å². The molecule has 0 aromatic carbocycles. The van der Waals surface area contributed by atoms with Gasteiger partial charge in [0, 0.05) is 11.6 Å². The minimum absolute atomic E-state index is 0.0380. The van der Waals surface area contributed by atoms with Crippen molar-refractivity contribution in [1.29, 1.82) is 0 Å². The summed E-state index contributed by atoms with van der Waals surface area (Å²) in [6, 6.07) is 0. The van der Waals surface area contributed by atoms with Gasteiger partial charge in [-0.3, -0.25) is 0 Å². The molecule has 11 heteroatoms. The van der Waals surface area contributed by atoms with Crippen molar-refractivity contribution in [3.8, 4) is 0 Å². The van der Waals surface area contributed by atoms with E-state index in [4.69, 9.17) is 92.9 Å². The van der Waals surface area contributed by atoms with Gasteiger partial charge in [-0.2, -0.15) is 4.42 Å². The summed E-state index contributed by atoms with van der Waals surface area (Å²) in [5.74, 6) is 0. The third-order valence-electron chi connectivity index (χ3n) is 0.841. The number of halogens is 9. The summed E-state index contributed by atoms with van der Waals surface area (Å²) in [5.41, 5.74) is 0. The van der Waals surface area contributed by atoms with Gasteiger partial charge in [-0.25, -0.2) is 0 Å². The Morgan fingerprint density at radius 2 is 1.19 bits per heavy atom. The van der Waals surface area contributed by atoms with Crippen LogP contribution in [0.5, 0.6) is 0 Å². The van der Waals surface area contributed by atoms with Crippen LogP contribution in [0.15, 0.2) is 10.7 Å². The van der Waals surface area contributed by atoms with E-state index >= 15 is 0 Å². The van der Waals surface area contributed by atoms with Crippen LogP contribution in [0.4, 0.5) is 0 Å². The van der Waals surface area contributed by atoms with E-state index in [0.29, 0.717) is 0 Å². The molecule has 1 heterocycles. The standard InChI is InChI=1S/C5HCl4O.5ClH.Ti/c6-2-1-10-5(9)4(8)3(2)7;;;;;;/h1H;5*1H;/q+1;;;;;;+4/p-5. The molecule has 0 aliphatic heterocycles. The van der Waals surface area contributed by atoms with Crippen molar-refractivity contribution in [2.24, 2.45) is 0 Å². The molecule has 0 saturated carbocycles. The van der Waals surface area contributed by atoms with E-state index in [0.717, 1.165) is 0 Å². The average Bonchev–Trinajstić information content (AvgIpc) is 2.04. The van der Waals surface area contributed by atoms with Gasteiger partial charge in [-0.1, -0.05) is 34.8 Å². The molecule has 0 aliphatic rings. The van der Waals surface area contributed by atoms with Gasteiger partial charge in [0.25, 0.3) is 0 Å². The molecular weight excluding hydrogens is 443 g/mol. The molecule has 0 spiro atoms. The molecule has 0 radical (unpaired) electrons. The predicted molar refractivity (Wildman–Crippen MR) is 72.4 cm³/mol. The Kier molecular flexibility index (Phi) is 7.81. The molecule has 0 bridgehead atoms. The van der Waals surface area contributed by atoms with Gasteiger partial charge in [-0.15, -0.1) is 0 Å². The molecule has 1 aromatic rings. The summed E-state index contributed by atoms with van der Waals surface area (Å²) >= 11 is 22.1. The summed E-state index contributed by atoms with van der Waals surface area (Å²) in [7, 11) is 21.0. The minimum atomic E-state index is -4.24. The van der Waals surface area contributed by atoms with Crippen LogP contribution in [0, 0.1) is 0 Å². The van der Waals surface area contributed by atoms with Crippen molar-refractivity contribution < 1.29 is 14.4 Å². The predicted octanol–water partition coefficient (Wildman–Crippen LogP) is 7.62. The number of rotatable bonds is 0. The zero-order chi connectivity index (χ0) is 13.2. The molecule has 1 rings (SSSR count). The molecule has 1 aromatic heterocycles. The molecule has 1 nitrogen and oxygen atoms in total. The molecule has 0 amide bonds. The van der Waals surface area contributed by atoms with Gasteiger partial charge >= 0.3 is 68.0 Å². The van der Waals surface area contributed by atoms with Gasteiger partial charge < -0.3 is 0 Å². The van der Waals surface area contributed by atoms with Crippen LogP contribution >= 0.6 is 92.9 Å². The van der Waals surface area contributed by atoms with Gasteiger partial charge in [-0.05, 0) is 0 Å². The van der Waals surface area contributed by atoms with E-state index in [2.05, 4.69) is 4.42 Å². The fourth-order valence-electron chi connectivity index (χ4n) is 0.398. The Hall–Kier alpha value is 2.47. The Balaban J connectivity index is 0.000000325. The van der Waals surface area contributed by atoms with E-state index in [1.807, 2.05) is 0 Å². The van der Waals surface area contributed by atoms with Crippen LogP contribution in [0.2, 0.25) is 20.3 Å². The third-order valence-corrected chi connectivity index (χ3v) is 2.44. The third kappa shape index (κ3) is 10.4. The van der Waals surface area contributed by atoms with Crippen LogP contribution in [-0.2, 0) is 10.0 Å². The summed E-state index contributed by atoms with van der Waals surface area (Å²) in [5, 5.41) is 0.627. The van der Waals surface area contributed by atoms with Crippen LogP contribution in [0.3, 0.4) is 0 Å². The van der Waals surface area contributed by atoms with Crippen LogP contribution < -0.4 is 0 Å². The molecule has 0 unspecified atom stereocenters. The Morgan fingerprint density at radius 3 is 1.50 bits per heavy atom. The zero-order valence-corrected chi connectivity index (χ0v) is 15.3. The van der Waals surface area contributed by atoms with E-state index in [1.54, 1.807) is 0 Å². The van der Waals surface area contributed by atoms with Crippen molar-refractivity contribution in [2.45, 2.75) is 0 Å². The monoisotopic (exact) mass is 440 g/mol. The summed E-state index contributed by atoms with van der Waals surface area (Å²) in [6.07, 6.45) is 1.22. The van der Waals surface area contributed by atoms with Crippen molar-refractivity contribution >= 4 is 92.9 Å². The van der Waals surface area contributed by atoms with Gasteiger partial charge in [0.05, 0.1) is 5.02 Å². The molecule has 0 atom stereocenters. The molecule has 0 fully saturated rings. The second kappa shape index (κ2) is 6.77. The zero-order valence-electron chi connectivity index (χ0n) is 6.89. The Labute approximate surface area is 132 Å². The molecular formula is C5HCl9OTi. The van der Waals surface area contributed by atoms with E-state index in [1.165, 1.54) is 6.26 Å². The maximum absolute atomic E-state index is 5.57. The second-order valence-electron chi connectivity index (χ2n) is 2.20. The first kappa shape index (κ1) is 18.5. The van der Waals surface area contributed by atoms with E-state index in [-0.39, 0.29) is 20.3 Å². The fourth-order valence-corrected chi connectivity index (χ4v) is 1.05. The Morgan fingerprint density at radius 1 is 0.812 bits per heavy atom. The SMILES string of the molecule is Clc1c[o+]c(Cl)c(Cl)c1Cl.[Cl][Ti-]([Cl])([Cl])([Cl])[Cl]. The topological polar surface area (TPSA) is 11.3 Å². The van der Waals surface area contributed by atoms with Crippen molar-refractivity contribution in [3.05, 3.63) is 26.6 Å². The quantitative estimate of drug-likeness (QED) is 0.296. The van der Waals surface area contributed by atoms with E-state index < -0.39 is 10.0 Å². The van der Waals surface area contributed by atoms with Gasteiger partial charge in [0.15, 0.2) is 10.0 Å². The summed E-state index contributed by atoms with van der Waals surface area (Å²) in [6.45, 7) is 0. The van der Waals surface area contributed by atoms with Crippen molar-refractivity contribution in [2.75, 3.05) is 0 Å². The summed E-state index contributed by atoms with van der Waals surface area (Å²) < 4.78 is 4.69. The summed E-state index contributed by atoms with van der Waals surface area (Å²) in [4.78, 5) is 0. The molecule has 0 N–H and O–H groups in total. The first-order valence-electron chi connectivity index (χ1n) is 3.18. The van der Waals surface area contributed by atoms with Crippen molar-refractivity contribution in [1.82, 2.24) is 0 Å². The first-order chi connectivity index (χ1) is 6.86. The fraction of sp³-hybridized carbons (Fsp3) is 0. The first-order valence-corrected chi connectivity index (χ1v) is 15.4. The van der Waals surface area contributed by atoms with Gasteiger partial charge in [0.2, 0.25) is 0 Å². The van der Waals surface area contributed by atoms with Crippen LogP contribution in [0.25, 0.3) is 0 Å². The van der Waals surface area contributed by atoms with Crippen molar-refractivity contribution in [3.63, 3.8) is 0 Å². The Bertz CT molecular complexity index is 340. The van der Waals surface area contributed by atoms with Gasteiger partial charge in [0.1, 0.15) is 0 Å². The molecule has 0 aliphatic carbocycles. The second-order valence-corrected chi connectivity index (χ2v) is 29.5. The molecule has 0 saturated heterocycles. The molecule has 94 valence electrons.